The highest BCUT2D eigenvalue weighted by molar-refractivity contribution is 4.74. The Morgan fingerprint density at radius 3 is 1.55 bits per heavy atom. The van der Waals surface area contributed by atoms with E-state index in [0.717, 1.165) is 0 Å². The van der Waals surface area contributed by atoms with Gasteiger partial charge >= 0.3 is 0 Å². The molecule has 0 amide bonds. The van der Waals surface area contributed by atoms with Crippen LogP contribution in [-0.2, 0) is 0 Å². The van der Waals surface area contributed by atoms with Crippen LogP contribution in [0.5, 0.6) is 0 Å². The number of unbranched alkanes of at least 4 members (excludes halogenated alkanes) is 11. The summed E-state index contributed by atoms with van der Waals surface area (Å²) in [5, 5.41) is 3.21. The summed E-state index contributed by atoms with van der Waals surface area (Å²) in [6.45, 7) is 7.30. The van der Waals surface area contributed by atoms with Gasteiger partial charge in [-0.1, -0.05) is 83.6 Å². The summed E-state index contributed by atoms with van der Waals surface area (Å²) in [6, 6.07) is 0. The van der Waals surface area contributed by atoms with Gasteiger partial charge in [0.25, 0.3) is 0 Å². The Morgan fingerprint density at radius 2 is 1.15 bits per heavy atom. The fourth-order valence-electron chi connectivity index (χ4n) is 2.65. The topological polar surface area (TPSA) is 12.0 Å². The zero-order valence-electron chi connectivity index (χ0n) is 14.3. The van der Waals surface area contributed by atoms with E-state index in [4.69, 9.17) is 0 Å². The van der Waals surface area contributed by atoms with Crippen LogP contribution in [0.15, 0.2) is 12.7 Å². The predicted molar refractivity (Wildman–Crippen MR) is 93.3 cm³/mol. The molecular formula is C19H39N. The summed E-state index contributed by atoms with van der Waals surface area (Å²) in [7, 11) is 2.04. The van der Waals surface area contributed by atoms with Gasteiger partial charge in [0, 0.05) is 0 Å². The molecule has 0 saturated carbocycles. The highest BCUT2D eigenvalue weighted by Gasteiger charge is 1.96. The first kappa shape index (κ1) is 19.7. The summed E-state index contributed by atoms with van der Waals surface area (Å²) in [4.78, 5) is 0. The van der Waals surface area contributed by atoms with E-state index < -0.39 is 0 Å². The van der Waals surface area contributed by atoms with Gasteiger partial charge in [-0.3, -0.25) is 0 Å². The average molecular weight is 282 g/mol. The fraction of sp³-hybridized carbons (Fsp3) is 0.895. The molecule has 1 atom stereocenters. The maximum atomic E-state index is 3.84. The molecule has 1 N–H and O–H groups in total. The molecule has 0 rings (SSSR count). The third-order valence-corrected chi connectivity index (χ3v) is 4.24. The van der Waals surface area contributed by atoms with Gasteiger partial charge in [0.2, 0.25) is 0 Å². The first-order valence-corrected chi connectivity index (χ1v) is 9.08. The second-order valence-corrected chi connectivity index (χ2v) is 6.35. The lowest BCUT2D eigenvalue weighted by atomic mass is 10.0. The maximum absolute atomic E-state index is 3.84. The molecule has 0 aromatic rings. The van der Waals surface area contributed by atoms with Crippen LogP contribution in [-0.4, -0.2) is 13.6 Å². The Labute approximate surface area is 128 Å². The Hall–Kier alpha value is -0.300. The number of hydrogen-bond donors (Lipinski definition) is 1. The molecule has 0 saturated heterocycles. The van der Waals surface area contributed by atoms with Gasteiger partial charge in [0.1, 0.15) is 0 Å². The van der Waals surface area contributed by atoms with E-state index >= 15 is 0 Å². The number of allylic oxidation sites excluding steroid dienone is 1. The van der Waals surface area contributed by atoms with E-state index in [1.807, 2.05) is 7.05 Å². The molecule has 0 aliphatic carbocycles. The SMILES string of the molecule is C=CC(C)CCCCCCCCCCCCCCNC. The summed E-state index contributed by atoms with van der Waals surface area (Å²) < 4.78 is 0. The van der Waals surface area contributed by atoms with Crippen molar-refractivity contribution in [3.8, 4) is 0 Å². The molecule has 0 bridgehead atoms. The minimum Gasteiger partial charge on any atom is -0.320 e. The van der Waals surface area contributed by atoms with E-state index in [9.17, 15) is 0 Å². The fourth-order valence-corrected chi connectivity index (χ4v) is 2.65. The predicted octanol–water partition coefficient (Wildman–Crippen LogP) is 6.10. The molecule has 0 aromatic carbocycles. The van der Waals surface area contributed by atoms with Crippen LogP contribution in [0, 0.1) is 5.92 Å². The summed E-state index contributed by atoms with van der Waals surface area (Å²) >= 11 is 0. The highest BCUT2D eigenvalue weighted by Crippen LogP contribution is 2.14. The van der Waals surface area contributed by atoms with E-state index in [-0.39, 0.29) is 0 Å². The third-order valence-electron chi connectivity index (χ3n) is 4.24. The van der Waals surface area contributed by atoms with Gasteiger partial charge in [-0.25, -0.2) is 0 Å². The lowest BCUT2D eigenvalue weighted by Crippen LogP contribution is -2.06. The number of nitrogens with one attached hydrogen (secondary N) is 1. The van der Waals surface area contributed by atoms with E-state index in [1.165, 1.54) is 90.0 Å². The zero-order valence-corrected chi connectivity index (χ0v) is 14.3. The molecule has 0 heterocycles. The minimum atomic E-state index is 0.711. The van der Waals surface area contributed by atoms with Gasteiger partial charge in [0.05, 0.1) is 0 Å². The van der Waals surface area contributed by atoms with Gasteiger partial charge in [-0.15, -0.1) is 6.58 Å². The molecule has 0 radical (unpaired) electrons. The van der Waals surface area contributed by atoms with Crippen molar-refractivity contribution in [3.05, 3.63) is 12.7 Å². The summed E-state index contributed by atoms with van der Waals surface area (Å²) in [5.41, 5.74) is 0. The normalized spacial score (nSPS) is 12.5. The van der Waals surface area contributed by atoms with Gasteiger partial charge in [-0.2, -0.15) is 0 Å². The highest BCUT2D eigenvalue weighted by atomic mass is 14.8. The van der Waals surface area contributed by atoms with Gasteiger partial charge in [-0.05, 0) is 32.4 Å². The van der Waals surface area contributed by atoms with Crippen LogP contribution in [0.3, 0.4) is 0 Å². The van der Waals surface area contributed by atoms with E-state index in [0.29, 0.717) is 5.92 Å². The van der Waals surface area contributed by atoms with Crippen molar-refractivity contribution in [2.24, 2.45) is 5.92 Å². The van der Waals surface area contributed by atoms with Crippen molar-refractivity contribution in [3.63, 3.8) is 0 Å². The van der Waals surface area contributed by atoms with Crippen molar-refractivity contribution in [1.29, 1.82) is 0 Å². The second kappa shape index (κ2) is 16.8. The van der Waals surface area contributed by atoms with Crippen LogP contribution in [0.2, 0.25) is 0 Å². The average Bonchev–Trinajstić information content (AvgIpc) is 2.47. The van der Waals surface area contributed by atoms with E-state index in [2.05, 4.69) is 24.9 Å². The molecule has 0 aromatic heterocycles. The summed E-state index contributed by atoms with van der Waals surface area (Å²) in [5.74, 6) is 0.711. The number of hydrogen-bond acceptors (Lipinski definition) is 1. The molecule has 1 nitrogen and oxygen atoms in total. The molecule has 0 aliphatic heterocycles. The second-order valence-electron chi connectivity index (χ2n) is 6.35. The third kappa shape index (κ3) is 15.8. The zero-order chi connectivity index (χ0) is 14.9. The van der Waals surface area contributed by atoms with Gasteiger partial charge in [0.15, 0.2) is 0 Å². The van der Waals surface area contributed by atoms with Crippen LogP contribution >= 0.6 is 0 Å². The Morgan fingerprint density at radius 1 is 0.750 bits per heavy atom. The monoisotopic (exact) mass is 281 g/mol. The van der Waals surface area contributed by atoms with Crippen molar-refractivity contribution in [1.82, 2.24) is 5.32 Å². The molecular weight excluding hydrogens is 242 g/mol. The standard InChI is InChI=1S/C19H39N/c1-4-19(2)17-15-13-11-9-7-5-6-8-10-12-14-16-18-20-3/h4,19-20H,1,5-18H2,2-3H3. The van der Waals surface area contributed by atoms with Crippen molar-refractivity contribution in [2.45, 2.75) is 90.4 Å². The van der Waals surface area contributed by atoms with Gasteiger partial charge < -0.3 is 5.32 Å². The van der Waals surface area contributed by atoms with E-state index in [1.54, 1.807) is 0 Å². The summed E-state index contributed by atoms with van der Waals surface area (Å²) in [6.07, 6.45) is 20.6. The Kier molecular flexibility index (Phi) is 16.5. The molecule has 0 spiro atoms. The smallest absolute Gasteiger partial charge is 0.00519 e. The molecule has 20 heavy (non-hydrogen) atoms. The van der Waals surface area contributed by atoms with Crippen LogP contribution in [0.25, 0.3) is 0 Å². The quantitative estimate of drug-likeness (QED) is 0.266. The molecule has 120 valence electrons. The van der Waals surface area contributed by atoms with Crippen molar-refractivity contribution >= 4 is 0 Å². The Bertz CT molecular complexity index is 188. The van der Waals surface area contributed by atoms with Crippen LogP contribution < -0.4 is 5.32 Å². The lowest BCUT2D eigenvalue weighted by Gasteiger charge is -2.05. The molecule has 0 fully saturated rings. The first-order valence-electron chi connectivity index (χ1n) is 9.08. The first-order chi connectivity index (χ1) is 9.81. The van der Waals surface area contributed by atoms with Crippen molar-refractivity contribution < 1.29 is 0 Å². The largest absolute Gasteiger partial charge is 0.320 e. The lowest BCUT2D eigenvalue weighted by molar-refractivity contribution is 0.520. The number of rotatable bonds is 16. The molecule has 1 heteroatoms. The molecule has 1 unspecified atom stereocenters. The Balaban J connectivity index is 2.97. The van der Waals surface area contributed by atoms with Crippen LogP contribution in [0.4, 0.5) is 0 Å². The maximum Gasteiger partial charge on any atom is -0.00519 e. The van der Waals surface area contributed by atoms with Crippen LogP contribution in [0.1, 0.15) is 90.4 Å². The minimum absolute atomic E-state index is 0.711. The molecule has 0 aliphatic rings. The van der Waals surface area contributed by atoms with Crippen molar-refractivity contribution in [2.75, 3.05) is 13.6 Å².